The fourth-order valence-corrected chi connectivity index (χ4v) is 2.21. The minimum Gasteiger partial charge on any atom is -0.460 e. The van der Waals surface area contributed by atoms with Crippen molar-refractivity contribution in [2.24, 2.45) is 5.92 Å². The van der Waals surface area contributed by atoms with Gasteiger partial charge in [-0.2, -0.15) is 0 Å². The molecule has 0 aliphatic heterocycles. The molecule has 1 atom stereocenters. The number of furan rings is 1. The molecule has 0 saturated heterocycles. The molecule has 0 aliphatic rings. The fraction of sp³-hybridized carbons (Fsp3) is 0.333. The van der Waals surface area contributed by atoms with Gasteiger partial charge < -0.3 is 14.8 Å². The second-order valence-corrected chi connectivity index (χ2v) is 5.57. The quantitative estimate of drug-likeness (QED) is 0.848. The smallest absolute Gasteiger partial charge is 0.135 e. The van der Waals surface area contributed by atoms with Gasteiger partial charge in [0.15, 0.2) is 0 Å². The first kappa shape index (κ1) is 15.4. The van der Waals surface area contributed by atoms with Crippen LogP contribution in [0.1, 0.15) is 12.7 Å². The monoisotopic (exact) mass is 313 g/mol. The molecule has 0 amide bonds. The zero-order valence-electron chi connectivity index (χ0n) is 11.2. The van der Waals surface area contributed by atoms with Crippen LogP contribution in [0.4, 0.5) is 0 Å². The summed E-state index contributed by atoms with van der Waals surface area (Å²) in [6.45, 7) is 3.51. The van der Waals surface area contributed by atoms with Crippen LogP contribution in [0.25, 0.3) is 11.3 Å². The Morgan fingerprint density at radius 2 is 2.05 bits per heavy atom. The number of aliphatic hydroxyl groups excluding tert-OH is 1. The van der Waals surface area contributed by atoms with Crippen LogP contribution in [0.15, 0.2) is 34.7 Å². The second-order valence-electron chi connectivity index (χ2n) is 4.79. The van der Waals surface area contributed by atoms with Gasteiger partial charge in [-0.15, -0.1) is 0 Å². The van der Waals surface area contributed by atoms with Gasteiger partial charge in [0.25, 0.3) is 0 Å². The summed E-state index contributed by atoms with van der Waals surface area (Å²) in [5.74, 6) is 1.75. The molecule has 2 N–H and O–H groups in total. The summed E-state index contributed by atoms with van der Waals surface area (Å²) < 4.78 is 5.75. The number of hydrogen-bond donors (Lipinski definition) is 2. The Kier molecular flexibility index (Phi) is 5.49. The molecule has 0 bridgehead atoms. The third kappa shape index (κ3) is 3.76. The summed E-state index contributed by atoms with van der Waals surface area (Å²) in [4.78, 5) is 0. The topological polar surface area (TPSA) is 45.4 Å². The third-order valence-electron chi connectivity index (χ3n) is 2.98. The Hall–Kier alpha value is -1.000. The molecule has 1 aromatic heterocycles. The van der Waals surface area contributed by atoms with Crippen molar-refractivity contribution >= 4 is 23.2 Å². The first-order valence-electron chi connectivity index (χ1n) is 6.46. The highest BCUT2D eigenvalue weighted by Gasteiger charge is 2.11. The molecule has 0 radical (unpaired) electrons. The number of aliphatic hydroxyl groups is 1. The van der Waals surface area contributed by atoms with E-state index in [2.05, 4.69) is 5.32 Å². The summed E-state index contributed by atoms with van der Waals surface area (Å²) in [6, 6.07) is 9.24. The van der Waals surface area contributed by atoms with Crippen molar-refractivity contribution in [1.82, 2.24) is 5.32 Å². The normalized spacial score (nSPS) is 12.6. The van der Waals surface area contributed by atoms with Crippen LogP contribution >= 0.6 is 23.2 Å². The highest BCUT2D eigenvalue weighted by atomic mass is 35.5. The summed E-state index contributed by atoms with van der Waals surface area (Å²) in [7, 11) is 0. The lowest BCUT2D eigenvalue weighted by Crippen LogP contribution is -2.22. The van der Waals surface area contributed by atoms with E-state index in [0.29, 0.717) is 22.4 Å². The molecule has 2 rings (SSSR count). The largest absolute Gasteiger partial charge is 0.460 e. The van der Waals surface area contributed by atoms with Gasteiger partial charge >= 0.3 is 0 Å². The number of benzene rings is 1. The Labute approximate surface area is 128 Å². The molecule has 2 aromatic rings. The maximum absolute atomic E-state index is 8.95. The summed E-state index contributed by atoms with van der Waals surface area (Å²) in [5.41, 5.74) is 0.786. The number of nitrogens with one attached hydrogen (secondary N) is 1. The summed E-state index contributed by atoms with van der Waals surface area (Å²) in [6.07, 6.45) is 0. The predicted molar refractivity (Wildman–Crippen MR) is 82.1 cm³/mol. The van der Waals surface area contributed by atoms with E-state index in [0.717, 1.165) is 17.9 Å². The van der Waals surface area contributed by atoms with E-state index in [1.165, 1.54) is 0 Å². The first-order valence-corrected chi connectivity index (χ1v) is 7.22. The minimum atomic E-state index is 0.175. The van der Waals surface area contributed by atoms with E-state index < -0.39 is 0 Å². The average Bonchev–Trinajstić information content (AvgIpc) is 2.90. The van der Waals surface area contributed by atoms with E-state index in [1.54, 1.807) is 6.07 Å². The van der Waals surface area contributed by atoms with Crippen LogP contribution in [-0.2, 0) is 6.54 Å². The van der Waals surface area contributed by atoms with Crippen molar-refractivity contribution in [2.45, 2.75) is 13.5 Å². The van der Waals surface area contributed by atoms with E-state index in [9.17, 15) is 0 Å². The van der Waals surface area contributed by atoms with Gasteiger partial charge in [0.1, 0.15) is 11.5 Å². The van der Waals surface area contributed by atoms with Gasteiger partial charge in [-0.1, -0.05) is 36.2 Å². The number of rotatable bonds is 6. The van der Waals surface area contributed by atoms with E-state index in [-0.39, 0.29) is 12.5 Å². The molecule has 0 spiro atoms. The molecule has 3 nitrogen and oxygen atoms in total. The molecule has 0 aliphatic carbocycles. The lowest BCUT2D eigenvalue weighted by Gasteiger charge is -2.08. The maximum Gasteiger partial charge on any atom is 0.135 e. The van der Waals surface area contributed by atoms with E-state index in [4.69, 9.17) is 32.7 Å². The first-order chi connectivity index (χ1) is 9.61. The minimum absolute atomic E-state index is 0.175. The molecule has 20 heavy (non-hydrogen) atoms. The molecular formula is C15H17Cl2NO2. The van der Waals surface area contributed by atoms with Crippen LogP contribution in [0.3, 0.4) is 0 Å². The number of hydrogen-bond acceptors (Lipinski definition) is 3. The summed E-state index contributed by atoms with van der Waals surface area (Å²) >= 11 is 12.2. The Morgan fingerprint density at radius 3 is 2.80 bits per heavy atom. The van der Waals surface area contributed by atoms with Gasteiger partial charge in [-0.25, -0.2) is 0 Å². The predicted octanol–water partition coefficient (Wildman–Crippen LogP) is 3.97. The molecule has 0 saturated carbocycles. The van der Waals surface area contributed by atoms with Crippen molar-refractivity contribution in [3.05, 3.63) is 46.1 Å². The van der Waals surface area contributed by atoms with E-state index >= 15 is 0 Å². The zero-order chi connectivity index (χ0) is 14.5. The van der Waals surface area contributed by atoms with Crippen molar-refractivity contribution in [3.63, 3.8) is 0 Å². The molecule has 1 aromatic carbocycles. The lowest BCUT2D eigenvalue weighted by atomic mass is 10.2. The Balaban J connectivity index is 2.03. The average molecular weight is 314 g/mol. The van der Waals surface area contributed by atoms with Crippen molar-refractivity contribution in [1.29, 1.82) is 0 Å². The van der Waals surface area contributed by atoms with Crippen LogP contribution in [0.2, 0.25) is 10.0 Å². The Morgan fingerprint density at radius 1 is 1.25 bits per heavy atom. The molecule has 1 heterocycles. The molecular weight excluding hydrogens is 297 g/mol. The molecule has 108 valence electrons. The molecule has 0 unspecified atom stereocenters. The van der Waals surface area contributed by atoms with Gasteiger partial charge in [0.05, 0.1) is 16.6 Å². The van der Waals surface area contributed by atoms with Crippen LogP contribution in [-0.4, -0.2) is 18.3 Å². The summed E-state index contributed by atoms with van der Waals surface area (Å²) in [5, 5.41) is 13.2. The van der Waals surface area contributed by atoms with Crippen LogP contribution in [0.5, 0.6) is 0 Å². The van der Waals surface area contributed by atoms with Crippen LogP contribution < -0.4 is 5.32 Å². The van der Waals surface area contributed by atoms with Crippen molar-refractivity contribution in [2.75, 3.05) is 13.2 Å². The molecule has 0 fully saturated rings. The van der Waals surface area contributed by atoms with Crippen molar-refractivity contribution in [3.8, 4) is 11.3 Å². The van der Waals surface area contributed by atoms with Gasteiger partial charge in [-0.05, 0) is 30.2 Å². The zero-order valence-corrected chi connectivity index (χ0v) is 12.7. The standard InChI is InChI=1S/C15H17Cl2NO2/c1-10(9-19)7-18-8-11-5-6-14(20-11)12-3-2-4-13(16)15(12)17/h2-6,10,18-19H,7-9H2,1H3/t10-/m1/s1. The van der Waals surface area contributed by atoms with Gasteiger partial charge in [0.2, 0.25) is 0 Å². The second kappa shape index (κ2) is 7.14. The Bertz CT molecular complexity index is 569. The molecule has 5 heteroatoms. The van der Waals surface area contributed by atoms with Gasteiger partial charge in [-0.3, -0.25) is 0 Å². The third-order valence-corrected chi connectivity index (χ3v) is 3.80. The number of halogens is 2. The van der Waals surface area contributed by atoms with Crippen molar-refractivity contribution < 1.29 is 9.52 Å². The highest BCUT2D eigenvalue weighted by Crippen LogP contribution is 2.34. The maximum atomic E-state index is 8.95. The van der Waals surface area contributed by atoms with Crippen LogP contribution in [0, 0.1) is 5.92 Å². The highest BCUT2D eigenvalue weighted by molar-refractivity contribution is 6.43. The fourth-order valence-electron chi connectivity index (χ4n) is 1.82. The van der Waals surface area contributed by atoms with E-state index in [1.807, 2.05) is 31.2 Å². The van der Waals surface area contributed by atoms with Gasteiger partial charge in [0, 0.05) is 18.7 Å². The lowest BCUT2D eigenvalue weighted by molar-refractivity contribution is 0.233. The SMILES string of the molecule is C[C@@H](CO)CNCc1ccc(-c2cccc(Cl)c2Cl)o1.